The highest BCUT2D eigenvalue weighted by molar-refractivity contribution is 7.20. The number of ether oxygens (including phenoxy) is 3. The summed E-state index contributed by atoms with van der Waals surface area (Å²) < 4.78 is 18.5. The number of carbonyl (C=O) groups excluding carboxylic acids is 1. The van der Waals surface area contributed by atoms with Crippen LogP contribution in [0.3, 0.4) is 0 Å². The number of nitrogens with zero attached hydrogens (tertiary/aromatic N) is 3. The average Bonchev–Trinajstić information content (AvgIpc) is 3.35. The number of aromatic nitrogens is 3. The summed E-state index contributed by atoms with van der Waals surface area (Å²) in [5.41, 5.74) is 2.43. The quantitative estimate of drug-likeness (QED) is 0.469. The molecule has 0 atom stereocenters. The third-order valence-corrected chi connectivity index (χ3v) is 5.67. The number of aryl methyl sites for hydroxylation is 1. The third kappa shape index (κ3) is 4.31. The van der Waals surface area contributed by atoms with Crippen LogP contribution in [-0.2, 0) is 11.2 Å². The van der Waals surface area contributed by atoms with Crippen molar-refractivity contribution in [2.75, 3.05) is 26.6 Å². The maximum Gasteiger partial charge on any atom is 0.229 e. The Morgan fingerprint density at radius 1 is 1.03 bits per heavy atom. The summed E-state index contributed by atoms with van der Waals surface area (Å²) in [6, 6.07) is 12.9. The molecule has 1 N–H and O–H groups in total. The van der Waals surface area contributed by atoms with Crippen molar-refractivity contribution in [3.05, 3.63) is 53.7 Å². The molecule has 2 aromatic heterocycles. The van der Waals surface area contributed by atoms with E-state index in [1.807, 2.05) is 37.3 Å². The van der Waals surface area contributed by atoms with Gasteiger partial charge in [-0.1, -0.05) is 17.4 Å². The van der Waals surface area contributed by atoms with Gasteiger partial charge in [-0.25, -0.2) is 4.98 Å². The second-order valence-corrected chi connectivity index (χ2v) is 7.84. The lowest BCUT2D eigenvalue weighted by atomic mass is 10.1. The van der Waals surface area contributed by atoms with Crippen LogP contribution >= 0.6 is 11.3 Å². The van der Waals surface area contributed by atoms with E-state index in [1.165, 1.54) is 11.3 Å². The zero-order chi connectivity index (χ0) is 22.0. The van der Waals surface area contributed by atoms with Crippen LogP contribution in [0.5, 0.6) is 17.2 Å². The molecule has 4 rings (SSSR count). The van der Waals surface area contributed by atoms with Crippen LogP contribution in [0, 0.1) is 6.92 Å². The van der Waals surface area contributed by atoms with Crippen LogP contribution in [0.15, 0.2) is 42.5 Å². The van der Waals surface area contributed by atoms with Crippen molar-refractivity contribution in [2.45, 2.75) is 13.3 Å². The van der Waals surface area contributed by atoms with Gasteiger partial charge in [-0.05, 0) is 42.8 Å². The Morgan fingerprint density at radius 2 is 1.84 bits per heavy atom. The van der Waals surface area contributed by atoms with Crippen molar-refractivity contribution in [1.82, 2.24) is 14.8 Å². The predicted molar refractivity (Wildman–Crippen MR) is 120 cm³/mol. The highest BCUT2D eigenvalue weighted by atomic mass is 32.1. The topological polar surface area (TPSA) is 87.5 Å². The molecule has 0 aliphatic carbocycles. The van der Waals surface area contributed by atoms with E-state index < -0.39 is 0 Å². The summed E-state index contributed by atoms with van der Waals surface area (Å²) in [5, 5.41) is 8.12. The van der Waals surface area contributed by atoms with Gasteiger partial charge in [0.15, 0.2) is 11.5 Å². The van der Waals surface area contributed by atoms with Crippen LogP contribution in [0.1, 0.15) is 11.3 Å². The molecule has 1 amide bonds. The van der Waals surface area contributed by atoms with Gasteiger partial charge in [0.1, 0.15) is 11.6 Å². The molecule has 0 fully saturated rings. The Bertz CT molecular complexity index is 1250. The molecular weight excluding hydrogens is 416 g/mol. The number of benzene rings is 2. The van der Waals surface area contributed by atoms with Gasteiger partial charge in [-0.3, -0.25) is 4.79 Å². The molecule has 0 radical (unpaired) electrons. The van der Waals surface area contributed by atoms with Crippen LogP contribution in [0.25, 0.3) is 15.3 Å². The monoisotopic (exact) mass is 438 g/mol. The van der Waals surface area contributed by atoms with Gasteiger partial charge in [-0.15, -0.1) is 0 Å². The number of carbonyl (C=O) groups is 1. The maximum atomic E-state index is 12.7. The summed E-state index contributed by atoms with van der Waals surface area (Å²) in [5.74, 6) is 2.36. The number of rotatable bonds is 7. The van der Waals surface area contributed by atoms with E-state index in [4.69, 9.17) is 14.2 Å². The number of fused-ring (bicyclic) bond motifs is 1. The van der Waals surface area contributed by atoms with Gasteiger partial charge in [0.2, 0.25) is 11.0 Å². The molecule has 2 aromatic carbocycles. The van der Waals surface area contributed by atoms with Gasteiger partial charge in [0.25, 0.3) is 0 Å². The molecule has 0 saturated heterocycles. The number of methoxy groups -OCH3 is 3. The second-order valence-electron chi connectivity index (χ2n) is 6.83. The molecule has 0 aliphatic heterocycles. The van der Waals surface area contributed by atoms with Crippen molar-refractivity contribution < 1.29 is 19.0 Å². The Morgan fingerprint density at radius 3 is 2.58 bits per heavy atom. The van der Waals surface area contributed by atoms with E-state index in [0.717, 1.165) is 27.2 Å². The van der Waals surface area contributed by atoms with Crippen LogP contribution in [0.2, 0.25) is 0 Å². The van der Waals surface area contributed by atoms with E-state index in [0.29, 0.717) is 22.4 Å². The standard InChI is InChI=1S/C22H22N4O4S/c1-13-9-20(24-21(27)11-14-5-8-17(29-3)18(10-14)30-4)26(25-13)22-23-16-7-6-15(28-2)12-19(16)31-22/h5-10,12H,11H2,1-4H3,(H,24,27). The van der Waals surface area contributed by atoms with E-state index in [-0.39, 0.29) is 12.3 Å². The molecule has 8 nitrogen and oxygen atoms in total. The first-order valence-electron chi connectivity index (χ1n) is 9.53. The number of hydrogen-bond donors (Lipinski definition) is 1. The lowest BCUT2D eigenvalue weighted by Crippen LogP contribution is -2.17. The molecule has 0 spiro atoms. The number of anilines is 1. The van der Waals surface area contributed by atoms with Crippen LogP contribution < -0.4 is 19.5 Å². The van der Waals surface area contributed by atoms with Crippen LogP contribution in [0.4, 0.5) is 5.82 Å². The Labute approximate surface area is 183 Å². The molecule has 9 heteroatoms. The van der Waals surface area contributed by atoms with Crippen LogP contribution in [-0.4, -0.2) is 42.0 Å². The minimum absolute atomic E-state index is 0.170. The Kier molecular flexibility index (Phi) is 5.77. The summed E-state index contributed by atoms with van der Waals surface area (Å²) in [4.78, 5) is 17.4. The highest BCUT2D eigenvalue weighted by Crippen LogP contribution is 2.30. The van der Waals surface area contributed by atoms with E-state index in [1.54, 1.807) is 38.1 Å². The van der Waals surface area contributed by atoms with Gasteiger partial charge >= 0.3 is 0 Å². The fraction of sp³-hybridized carbons (Fsp3) is 0.227. The molecule has 160 valence electrons. The number of thiazole rings is 1. The fourth-order valence-corrected chi connectivity index (χ4v) is 4.17. The number of hydrogen-bond acceptors (Lipinski definition) is 7. The molecular formula is C22H22N4O4S. The largest absolute Gasteiger partial charge is 0.497 e. The first-order valence-corrected chi connectivity index (χ1v) is 10.3. The van der Waals surface area contributed by atoms with Gasteiger partial charge in [0.05, 0.1) is 43.7 Å². The average molecular weight is 439 g/mol. The van der Waals surface area contributed by atoms with Gasteiger partial charge < -0.3 is 19.5 Å². The van der Waals surface area contributed by atoms with E-state index >= 15 is 0 Å². The van der Waals surface area contributed by atoms with Gasteiger partial charge in [-0.2, -0.15) is 9.78 Å². The molecule has 0 bridgehead atoms. The molecule has 0 aliphatic rings. The van der Waals surface area contributed by atoms with Gasteiger partial charge in [0, 0.05) is 6.07 Å². The summed E-state index contributed by atoms with van der Waals surface area (Å²) in [6.07, 6.45) is 0.182. The van der Waals surface area contributed by atoms with Crippen molar-refractivity contribution >= 4 is 33.3 Å². The first-order chi connectivity index (χ1) is 15.0. The normalized spacial score (nSPS) is 10.8. The Hall–Kier alpha value is -3.59. The molecule has 0 unspecified atom stereocenters. The van der Waals surface area contributed by atoms with Crippen molar-refractivity contribution in [3.63, 3.8) is 0 Å². The van der Waals surface area contributed by atoms with Crippen molar-refractivity contribution in [3.8, 4) is 22.4 Å². The highest BCUT2D eigenvalue weighted by Gasteiger charge is 2.16. The summed E-state index contributed by atoms with van der Waals surface area (Å²) >= 11 is 1.48. The second kappa shape index (κ2) is 8.65. The molecule has 2 heterocycles. The van der Waals surface area contributed by atoms with Crippen molar-refractivity contribution in [2.24, 2.45) is 0 Å². The summed E-state index contributed by atoms with van der Waals surface area (Å²) in [6.45, 7) is 1.87. The molecule has 4 aromatic rings. The third-order valence-electron chi connectivity index (χ3n) is 4.68. The molecule has 0 saturated carbocycles. The minimum Gasteiger partial charge on any atom is -0.497 e. The molecule has 31 heavy (non-hydrogen) atoms. The minimum atomic E-state index is -0.170. The maximum absolute atomic E-state index is 12.7. The zero-order valence-corrected chi connectivity index (χ0v) is 18.4. The predicted octanol–water partition coefficient (Wildman–Crippen LogP) is 4.00. The lowest BCUT2D eigenvalue weighted by Gasteiger charge is -2.10. The SMILES string of the molecule is COc1ccc2nc(-n3nc(C)cc3NC(=O)Cc3ccc(OC)c(OC)c3)sc2c1. The van der Waals surface area contributed by atoms with Crippen molar-refractivity contribution in [1.29, 1.82) is 0 Å². The first kappa shape index (κ1) is 20.7. The zero-order valence-electron chi connectivity index (χ0n) is 17.6. The summed E-state index contributed by atoms with van der Waals surface area (Å²) in [7, 11) is 4.77. The number of amides is 1. The van der Waals surface area contributed by atoms with E-state index in [2.05, 4.69) is 15.4 Å². The Balaban J connectivity index is 1.57. The smallest absolute Gasteiger partial charge is 0.229 e. The fourth-order valence-electron chi connectivity index (χ4n) is 3.21. The van der Waals surface area contributed by atoms with E-state index in [9.17, 15) is 4.79 Å². The number of nitrogens with one attached hydrogen (secondary N) is 1. The lowest BCUT2D eigenvalue weighted by molar-refractivity contribution is -0.115.